The van der Waals surface area contributed by atoms with Gasteiger partial charge in [-0.2, -0.15) is 12.6 Å². The Morgan fingerprint density at radius 3 is 1.82 bits per heavy atom. The smallest absolute Gasteiger partial charge is 0.0431 e. The van der Waals surface area contributed by atoms with Gasteiger partial charge in [0.25, 0.3) is 0 Å². The Labute approximate surface area is 75.0 Å². The first kappa shape index (κ1) is 13.8. The maximum Gasteiger partial charge on any atom is 0.0431 e. The van der Waals surface area contributed by atoms with Gasteiger partial charge in [0, 0.05) is 13.2 Å². The molecule has 0 aromatic carbocycles. The van der Waals surface area contributed by atoms with Crippen molar-refractivity contribution in [2.75, 3.05) is 19.0 Å². The minimum atomic E-state index is 0.250. The lowest BCUT2D eigenvalue weighted by Crippen LogP contribution is -1.83. The molecule has 11 heavy (non-hydrogen) atoms. The van der Waals surface area contributed by atoms with E-state index < -0.39 is 0 Å². The molecule has 0 aliphatic heterocycles. The van der Waals surface area contributed by atoms with E-state index in [1.165, 1.54) is 12.8 Å². The highest BCUT2D eigenvalue weighted by Crippen LogP contribution is 1.98. The number of rotatable bonds is 5. The lowest BCUT2D eigenvalue weighted by molar-refractivity contribution is 0.283. The zero-order valence-corrected chi connectivity index (χ0v) is 8.19. The molecule has 0 aromatic heterocycles. The van der Waals surface area contributed by atoms with Gasteiger partial charge in [-0.25, -0.2) is 0 Å². The van der Waals surface area contributed by atoms with Crippen LogP contribution in [0.1, 0.15) is 32.6 Å². The van der Waals surface area contributed by atoms with Crippen molar-refractivity contribution in [2.24, 2.45) is 0 Å². The average molecular weight is 180 g/mol. The van der Waals surface area contributed by atoms with Crippen molar-refractivity contribution in [2.45, 2.75) is 32.6 Å². The first-order valence-electron chi connectivity index (χ1n) is 4.16. The number of aliphatic hydroxyl groups excluding tert-OH is 2. The van der Waals surface area contributed by atoms with Crippen molar-refractivity contribution >= 4 is 12.6 Å². The average Bonchev–Trinajstić information content (AvgIpc) is 2.00. The second-order valence-corrected chi connectivity index (χ2v) is 2.62. The molecule has 0 aliphatic carbocycles. The van der Waals surface area contributed by atoms with Crippen LogP contribution in [0.4, 0.5) is 0 Å². The molecule has 0 spiro atoms. The molecule has 0 unspecified atom stereocenters. The summed E-state index contributed by atoms with van der Waals surface area (Å²) in [4.78, 5) is 0. The molecule has 0 saturated heterocycles. The quantitative estimate of drug-likeness (QED) is 0.443. The predicted molar refractivity (Wildman–Crippen MR) is 52.2 cm³/mol. The fraction of sp³-hybridized carbons (Fsp3) is 1.00. The van der Waals surface area contributed by atoms with E-state index in [2.05, 4.69) is 12.6 Å². The topological polar surface area (TPSA) is 40.5 Å². The second-order valence-electron chi connectivity index (χ2n) is 2.18. The molecule has 2 N–H and O–H groups in total. The fourth-order valence-electron chi connectivity index (χ4n) is 0.577. The van der Waals surface area contributed by atoms with E-state index in [0.717, 1.165) is 18.6 Å². The maximum atomic E-state index is 8.35. The third kappa shape index (κ3) is 25.3. The van der Waals surface area contributed by atoms with Crippen molar-refractivity contribution in [1.82, 2.24) is 0 Å². The summed E-state index contributed by atoms with van der Waals surface area (Å²) in [5.41, 5.74) is 0. The van der Waals surface area contributed by atoms with E-state index in [1.54, 1.807) is 6.92 Å². The number of aliphatic hydroxyl groups is 2. The van der Waals surface area contributed by atoms with Crippen molar-refractivity contribution in [1.29, 1.82) is 0 Å². The first-order chi connectivity index (χ1) is 5.33. The number of hydrogen-bond donors (Lipinski definition) is 3. The molecule has 0 aliphatic rings. The normalized spacial score (nSPS) is 8.73. The molecular weight excluding hydrogens is 160 g/mol. The molecule has 3 heteroatoms. The molecule has 70 valence electrons. The first-order valence-corrected chi connectivity index (χ1v) is 4.79. The second kappa shape index (κ2) is 16.7. The van der Waals surface area contributed by atoms with Gasteiger partial charge in [-0.3, -0.25) is 0 Å². The summed E-state index contributed by atoms with van der Waals surface area (Å²) >= 11 is 4.06. The van der Waals surface area contributed by atoms with Gasteiger partial charge in [0.05, 0.1) is 0 Å². The summed E-state index contributed by atoms with van der Waals surface area (Å²) < 4.78 is 0. The van der Waals surface area contributed by atoms with Crippen LogP contribution in [0, 0.1) is 0 Å². The molecule has 0 aromatic rings. The molecule has 0 heterocycles. The molecule has 0 atom stereocenters. The molecule has 0 bridgehead atoms. The van der Waals surface area contributed by atoms with E-state index in [1.807, 2.05) is 0 Å². The Morgan fingerprint density at radius 2 is 1.45 bits per heavy atom. The highest BCUT2D eigenvalue weighted by Gasteiger charge is 1.84. The van der Waals surface area contributed by atoms with Crippen LogP contribution < -0.4 is 0 Å². The Balaban J connectivity index is 0. The monoisotopic (exact) mass is 180 g/mol. The lowest BCUT2D eigenvalue weighted by atomic mass is 10.2. The van der Waals surface area contributed by atoms with Crippen LogP contribution in [-0.2, 0) is 0 Å². The van der Waals surface area contributed by atoms with E-state index in [4.69, 9.17) is 10.2 Å². The summed E-state index contributed by atoms with van der Waals surface area (Å²) in [5, 5.41) is 15.9. The molecule has 0 saturated carbocycles. The van der Waals surface area contributed by atoms with Crippen molar-refractivity contribution in [3.8, 4) is 0 Å². The standard InChI is InChI=1S/C6H14OS.C2H6O/c7-5-3-1-2-4-6-8;1-2-3/h7-8H,1-6H2;3H,2H2,1H3. The van der Waals surface area contributed by atoms with E-state index >= 15 is 0 Å². The van der Waals surface area contributed by atoms with Gasteiger partial charge in [-0.05, 0) is 25.5 Å². The van der Waals surface area contributed by atoms with Crippen LogP contribution in [-0.4, -0.2) is 29.2 Å². The number of hydrogen-bond acceptors (Lipinski definition) is 3. The SMILES string of the molecule is CCO.OCCCCCCS. The van der Waals surface area contributed by atoms with Gasteiger partial charge in [0.2, 0.25) is 0 Å². The summed E-state index contributed by atoms with van der Waals surface area (Å²) in [6.45, 7) is 2.27. The Morgan fingerprint density at radius 1 is 1.00 bits per heavy atom. The van der Waals surface area contributed by atoms with Crippen LogP contribution in [0.15, 0.2) is 0 Å². The third-order valence-corrected chi connectivity index (χ3v) is 1.38. The summed E-state index contributed by atoms with van der Waals surface area (Å²) in [6.07, 6.45) is 4.50. The number of unbranched alkanes of at least 4 members (excludes halogenated alkanes) is 3. The summed E-state index contributed by atoms with van der Waals surface area (Å²) in [6, 6.07) is 0. The maximum absolute atomic E-state index is 8.35. The van der Waals surface area contributed by atoms with E-state index in [-0.39, 0.29) is 6.61 Å². The third-order valence-electron chi connectivity index (χ3n) is 1.07. The van der Waals surface area contributed by atoms with E-state index in [0.29, 0.717) is 6.61 Å². The van der Waals surface area contributed by atoms with Gasteiger partial charge in [0.1, 0.15) is 0 Å². The molecule has 2 nitrogen and oxygen atoms in total. The molecule has 0 radical (unpaired) electrons. The van der Waals surface area contributed by atoms with Gasteiger partial charge < -0.3 is 10.2 Å². The van der Waals surface area contributed by atoms with Crippen LogP contribution in [0.25, 0.3) is 0 Å². The van der Waals surface area contributed by atoms with E-state index in [9.17, 15) is 0 Å². The van der Waals surface area contributed by atoms with Gasteiger partial charge in [-0.1, -0.05) is 12.8 Å². The molecule has 0 rings (SSSR count). The van der Waals surface area contributed by atoms with Crippen molar-refractivity contribution in [3.05, 3.63) is 0 Å². The van der Waals surface area contributed by atoms with Gasteiger partial charge >= 0.3 is 0 Å². The highest BCUT2D eigenvalue weighted by molar-refractivity contribution is 7.80. The summed E-state index contributed by atoms with van der Waals surface area (Å²) in [7, 11) is 0. The van der Waals surface area contributed by atoms with Crippen LogP contribution in [0.2, 0.25) is 0 Å². The zero-order valence-electron chi connectivity index (χ0n) is 7.29. The largest absolute Gasteiger partial charge is 0.397 e. The van der Waals surface area contributed by atoms with Gasteiger partial charge in [0.15, 0.2) is 0 Å². The predicted octanol–water partition coefficient (Wildman–Crippen LogP) is 1.47. The minimum Gasteiger partial charge on any atom is -0.397 e. The van der Waals surface area contributed by atoms with Gasteiger partial charge in [-0.15, -0.1) is 0 Å². The highest BCUT2D eigenvalue weighted by atomic mass is 32.1. The Bertz CT molecular complexity index is 45.4. The number of thiol groups is 1. The summed E-state index contributed by atoms with van der Waals surface area (Å²) in [5.74, 6) is 0.978. The van der Waals surface area contributed by atoms with Crippen LogP contribution in [0.3, 0.4) is 0 Å². The molecular formula is C8H20O2S. The fourth-order valence-corrected chi connectivity index (χ4v) is 0.801. The lowest BCUT2D eigenvalue weighted by Gasteiger charge is -1.93. The van der Waals surface area contributed by atoms with Crippen LogP contribution >= 0.6 is 12.6 Å². The Hall–Kier alpha value is 0.270. The van der Waals surface area contributed by atoms with Crippen molar-refractivity contribution < 1.29 is 10.2 Å². The minimum absolute atomic E-state index is 0.250. The molecule has 0 fully saturated rings. The Kier molecular flexibility index (Phi) is 21.0. The zero-order chi connectivity index (χ0) is 8.95. The van der Waals surface area contributed by atoms with Crippen molar-refractivity contribution in [3.63, 3.8) is 0 Å². The van der Waals surface area contributed by atoms with Crippen LogP contribution in [0.5, 0.6) is 0 Å². The molecule has 0 amide bonds.